The second-order valence-electron chi connectivity index (χ2n) is 3.51. The van der Waals surface area contributed by atoms with Gasteiger partial charge in [-0.3, -0.25) is 0 Å². The number of methoxy groups -OCH3 is 1. The highest BCUT2D eigenvalue weighted by Crippen LogP contribution is 2.14. The van der Waals surface area contributed by atoms with Crippen molar-refractivity contribution in [2.24, 2.45) is 0 Å². The molecule has 0 saturated heterocycles. The summed E-state index contributed by atoms with van der Waals surface area (Å²) in [5.74, 6) is 1.43. The maximum absolute atomic E-state index is 5.01. The van der Waals surface area contributed by atoms with Crippen LogP contribution in [0, 0.1) is 0 Å². The third-order valence-corrected chi connectivity index (χ3v) is 2.97. The van der Waals surface area contributed by atoms with Gasteiger partial charge in [0.15, 0.2) is 0 Å². The maximum atomic E-state index is 5.01. The number of aromatic nitrogens is 3. The van der Waals surface area contributed by atoms with Crippen LogP contribution in [-0.4, -0.2) is 28.3 Å². The lowest BCUT2D eigenvalue weighted by Crippen LogP contribution is -2.02. The van der Waals surface area contributed by atoms with E-state index in [9.17, 15) is 0 Å². The summed E-state index contributed by atoms with van der Waals surface area (Å²) in [6, 6.07) is 5.72. The van der Waals surface area contributed by atoms with Gasteiger partial charge in [0.2, 0.25) is 5.88 Å². The number of rotatable bonds is 5. The van der Waals surface area contributed by atoms with E-state index in [4.69, 9.17) is 4.74 Å². The van der Waals surface area contributed by atoms with E-state index in [1.807, 2.05) is 24.5 Å². The normalized spacial score (nSPS) is 10.1. The maximum Gasteiger partial charge on any atom is 0.212 e. The summed E-state index contributed by atoms with van der Waals surface area (Å²) >= 11 is 1.59. The molecule has 5 nitrogen and oxygen atoms in total. The van der Waals surface area contributed by atoms with Crippen LogP contribution >= 0.6 is 11.8 Å². The molecule has 2 heterocycles. The smallest absolute Gasteiger partial charge is 0.212 e. The zero-order valence-electron chi connectivity index (χ0n) is 10.3. The molecule has 0 radical (unpaired) electrons. The quantitative estimate of drug-likeness (QED) is 0.658. The minimum atomic E-state index is 0.616. The van der Waals surface area contributed by atoms with Crippen molar-refractivity contribution in [2.75, 3.05) is 18.7 Å². The number of anilines is 1. The Labute approximate surface area is 110 Å². The Morgan fingerprint density at radius 3 is 2.83 bits per heavy atom. The third kappa shape index (κ3) is 3.33. The topological polar surface area (TPSA) is 59.9 Å². The molecule has 94 valence electrons. The van der Waals surface area contributed by atoms with Crippen LogP contribution in [0.2, 0.25) is 0 Å². The number of hydrogen-bond donors (Lipinski definition) is 1. The monoisotopic (exact) mass is 262 g/mol. The highest BCUT2D eigenvalue weighted by molar-refractivity contribution is 7.98. The number of nitrogens with zero attached hydrogens (tertiary/aromatic N) is 3. The molecule has 2 aromatic rings. The van der Waals surface area contributed by atoms with Crippen LogP contribution in [0.25, 0.3) is 0 Å². The predicted octanol–water partition coefficient (Wildman–Crippen LogP) is 2.21. The number of hydrogen-bond acceptors (Lipinski definition) is 6. The van der Waals surface area contributed by atoms with Crippen LogP contribution in [0.4, 0.5) is 5.82 Å². The average Bonchev–Trinajstić information content (AvgIpc) is 2.46. The number of ether oxygens (including phenoxy) is 1. The Kier molecular flexibility index (Phi) is 4.35. The lowest BCUT2D eigenvalue weighted by Gasteiger charge is -2.06. The molecule has 0 fully saturated rings. The summed E-state index contributed by atoms with van der Waals surface area (Å²) in [5, 5.41) is 4.17. The minimum Gasteiger partial charge on any atom is -0.481 e. The first-order chi connectivity index (χ1) is 8.81. The standard InChI is InChI=1S/C12H14N4OS/c1-17-11-4-3-9(7-14-11)6-13-10-5-12(18-2)16-8-15-10/h3-5,7-8H,6H2,1-2H3,(H,13,15,16). The third-order valence-electron chi connectivity index (χ3n) is 2.33. The van der Waals surface area contributed by atoms with Gasteiger partial charge in [0, 0.05) is 24.9 Å². The van der Waals surface area contributed by atoms with Gasteiger partial charge in [-0.25, -0.2) is 15.0 Å². The SMILES string of the molecule is COc1ccc(CNc2cc(SC)ncn2)cn1. The Morgan fingerprint density at radius 2 is 2.17 bits per heavy atom. The fourth-order valence-electron chi connectivity index (χ4n) is 1.38. The Hall–Kier alpha value is -1.82. The number of pyridine rings is 1. The molecule has 6 heteroatoms. The number of thioether (sulfide) groups is 1. The summed E-state index contributed by atoms with van der Waals surface area (Å²) < 4.78 is 5.01. The van der Waals surface area contributed by atoms with E-state index in [1.54, 1.807) is 31.4 Å². The van der Waals surface area contributed by atoms with Crippen molar-refractivity contribution in [3.05, 3.63) is 36.3 Å². The highest BCUT2D eigenvalue weighted by Gasteiger charge is 1.99. The van der Waals surface area contributed by atoms with Crippen LogP contribution in [0.15, 0.2) is 35.7 Å². The molecule has 0 bridgehead atoms. The molecule has 18 heavy (non-hydrogen) atoms. The summed E-state index contributed by atoms with van der Waals surface area (Å²) in [6.07, 6.45) is 5.32. The lowest BCUT2D eigenvalue weighted by molar-refractivity contribution is 0.397. The zero-order valence-corrected chi connectivity index (χ0v) is 11.1. The molecule has 0 saturated carbocycles. The van der Waals surface area contributed by atoms with Gasteiger partial charge in [-0.05, 0) is 11.8 Å². The largest absolute Gasteiger partial charge is 0.481 e. The van der Waals surface area contributed by atoms with E-state index in [1.165, 1.54) is 0 Å². The Balaban J connectivity index is 1.97. The molecule has 0 atom stereocenters. The first kappa shape index (κ1) is 12.6. The first-order valence-corrected chi connectivity index (χ1v) is 6.63. The van der Waals surface area contributed by atoms with Crippen molar-refractivity contribution in [3.8, 4) is 5.88 Å². The van der Waals surface area contributed by atoms with Crippen LogP contribution in [-0.2, 0) is 6.54 Å². The lowest BCUT2D eigenvalue weighted by atomic mass is 10.3. The summed E-state index contributed by atoms with van der Waals surface area (Å²) in [4.78, 5) is 12.4. The van der Waals surface area contributed by atoms with Crippen LogP contribution < -0.4 is 10.1 Å². The van der Waals surface area contributed by atoms with Crippen molar-refractivity contribution in [1.82, 2.24) is 15.0 Å². The average molecular weight is 262 g/mol. The minimum absolute atomic E-state index is 0.616. The van der Waals surface area contributed by atoms with E-state index in [0.29, 0.717) is 12.4 Å². The summed E-state index contributed by atoms with van der Waals surface area (Å²) in [5.41, 5.74) is 1.07. The second kappa shape index (κ2) is 6.20. The fourth-order valence-corrected chi connectivity index (χ4v) is 1.76. The summed E-state index contributed by atoms with van der Waals surface area (Å²) in [7, 11) is 1.60. The van der Waals surface area contributed by atoms with Gasteiger partial charge >= 0.3 is 0 Å². The molecular weight excluding hydrogens is 248 g/mol. The van der Waals surface area contributed by atoms with Crippen molar-refractivity contribution in [1.29, 1.82) is 0 Å². The van der Waals surface area contributed by atoms with Crippen LogP contribution in [0.3, 0.4) is 0 Å². The Bertz CT molecular complexity index is 504. The molecule has 1 N–H and O–H groups in total. The van der Waals surface area contributed by atoms with E-state index >= 15 is 0 Å². The van der Waals surface area contributed by atoms with Crippen molar-refractivity contribution in [3.63, 3.8) is 0 Å². The van der Waals surface area contributed by atoms with Gasteiger partial charge in [-0.2, -0.15) is 0 Å². The molecule has 0 aliphatic carbocycles. The van der Waals surface area contributed by atoms with Crippen LogP contribution in [0.1, 0.15) is 5.56 Å². The van der Waals surface area contributed by atoms with Crippen molar-refractivity contribution < 1.29 is 4.74 Å². The Morgan fingerprint density at radius 1 is 1.28 bits per heavy atom. The van der Waals surface area contributed by atoms with Gasteiger partial charge < -0.3 is 10.1 Å². The van der Waals surface area contributed by atoms with E-state index in [0.717, 1.165) is 16.4 Å². The molecule has 0 aliphatic heterocycles. The van der Waals surface area contributed by atoms with Crippen LogP contribution in [0.5, 0.6) is 5.88 Å². The van der Waals surface area contributed by atoms with Crippen molar-refractivity contribution >= 4 is 17.6 Å². The van der Waals surface area contributed by atoms with E-state index in [-0.39, 0.29) is 0 Å². The van der Waals surface area contributed by atoms with Gasteiger partial charge in [-0.1, -0.05) is 6.07 Å². The second-order valence-corrected chi connectivity index (χ2v) is 4.33. The van der Waals surface area contributed by atoms with E-state index in [2.05, 4.69) is 20.3 Å². The molecule has 2 rings (SSSR count). The molecule has 0 aliphatic rings. The van der Waals surface area contributed by atoms with Gasteiger partial charge in [0.25, 0.3) is 0 Å². The molecule has 0 amide bonds. The fraction of sp³-hybridized carbons (Fsp3) is 0.250. The molecule has 0 unspecified atom stereocenters. The molecule has 0 spiro atoms. The van der Waals surface area contributed by atoms with Crippen molar-refractivity contribution in [2.45, 2.75) is 11.6 Å². The zero-order chi connectivity index (χ0) is 12.8. The first-order valence-electron chi connectivity index (χ1n) is 5.40. The van der Waals surface area contributed by atoms with Gasteiger partial charge in [-0.15, -0.1) is 11.8 Å². The van der Waals surface area contributed by atoms with Gasteiger partial charge in [0.1, 0.15) is 17.2 Å². The molecule has 2 aromatic heterocycles. The molecular formula is C12H14N4OS. The summed E-state index contributed by atoms with van der Waals surface area (Å²) in [6.45, 7) is 0.668. The molecule has 0 aromatic carbocycles. The van der Waals surface area contributed by atoms with Gasteiger partial charge in [0.05, 0.1) is 7.11 Å². The predicted molar refractivity (Wildman–Crippen MR) is 71.9 cm³/mol. The number of nitrogens with one attached hydrogen (secondary N) is 1. The van der Waals surface area contributed by atoms with E-state index < -0.39 is 0 Å². The highest BCUT2D eigenvalue weighted by atomic mass is 32.2.